The molecule has 0 saturated carbocycles. The number of nitrogens with one attached hydrogen (secondary N) is 2. The van der Waals surface area contributed by atoms with Crippen molar-refractivity contribution in [3.63, 3.8) is 0 Å². The fraction of sp³-hybridized carbons (Fsp3) is 0.192. The molecule has 0 spiro atoms. The Kier molecular flexibility index (Phi) is 9.75. The van der Waals surface area contributed by atoms with Gasteiger partial charge >= 0.3 is 0 Å². The van der Waals surface area contributed by atoms with Crippen molar-refractivity contribution in [1.29, 1.82) is 0 Å². The van der Waals surface area contributed by atoms with Gasteiger partial charge in [-0.2, -0.15) is 0 Å². The molecule has 0 atom stereocenters. The lowest BCUT2D eigenvalue weighted by atomic mass is 10.1. The monoisotopic (exact) mass is 525 g/mol. The summed E-state index contributed by atoms with van der Waals surface area (Å²) in [5, 5.41) is 3.33. The standard InChI is InChI=1S/C24H22ClN5O3S.C2H6/c25-22-10-7-19(16-21(22)23-4-1-2-11-27-23)29-24(31)18-5-8-20(9-6-18)34(32,33)28-12-3-14-30-15-13-26-17-30;1-2/h1-2,4-11,13,15-17,28H,3,12,14H2,(H,29,31);1-2H3. The summed E-state index contributed by atoms with van der Waals surface area (Å²) in [4.78, 5) is 21.0. The SMILES string of the molecule is CC.O=C(Nc1ccc(Cl)c(-c2ccccn2)c1)c1ccc(S(=O)(=O)NCCCn2ccnc2)cc1. The molecular weight excluding hydrogens is 498 g/mol. The summed E-state index contributed by atoms with van der Waals surface area (Å²) in [6.07, 6.45) is 7.47. The average molecular weight is 526 g/mol. The number of hydrogen-bond acceptors (Lipinski definition) is 5. The molecule has 188 valence electrons. The maximum atomic E-state index is 12.7. The van der Waals surface area contributed by atoms with Gasteiger partial charge in [0.05, 0.1) is 21.9 Å². The zero-order chi connectivity index (χ0) is 26.0. The molecule has 2 heterocycles. The molecule has 0 saturated heterocycles. The number of hydrogen-bond donors (Lipinski definition) is 2. The molecule has 0 aliphatic heterocycles. The van der Waals surface area contributed by atoms with Crippen LogP contribution in [0, 0.1) is 0 Å². The summed E-state index contributed by atoms with van der Waals surface area (Å²) in [7, 11) is -3.67. The molecule has 0 unspecified atom stereocenters. The second-order valence-electron chi connectivity index (χ2n) is 7.44. The zero-order valence-corrected chi connectivity index (χ0v) is 21.6. The second kappa shape index (κ2) is 13.0. The van der Waals surface area contributed by atoms with Crippen LogP contribution >= 0.6 is 11.6 Å². The summed E-state index contributed by atoms with van der Waals surface area (Å²) >= 11 is 6.30. The predicted molar refractivity (Wildman–Crippen MR) is 142 cm³/mol. The van der Waals surface area contributed by atoms with Crippen molar-refractivity contribution in [3.05, 3.63) is 96.2 Å². The molecule has 0 bridgehead atoms. The van der Waals surface area contributed by atoms with Crippen LogP contribution < -0.4 is 10.0 Å². The number of imidazole rings is 1. The Bertz CT molecular complexity index is 1360. The lowest BCUT2D eigenvalue weighted by Crippen LogP contribution is -2.25. The molecule has 0 fully saturated rings. The molecule has 1 amide bonds. The highest BCUT2D eigenvalue weighted by Gasteiger charge is 2.15. The van der Waals surface area contributed by atoms with Crippen molar-refractivity contribution in [2.75, 3.05) is 11.9 Å². The van der Waals surface area contributed by atoms with Gasteiger partial charge in [0.25, 0.3) is 5.91 Å². The van der Waals surface area contributed by atoms with Gasteiger partial charge in [-0.15, -0.1) is 0 Å². The first-order valence-electron chi connectivity index (χ1n) is 11.5. The van der Waals surface area contributed by atoms with Crippen molar-refractivity contribution in [2.24, 2.45) is 0 Å². The van der Waals surface area contributed by atoms with E-state index >= 15 is 0 Å². The number of nitrogens with zero attached hydrogens (tertiary/aromatic N) is 3. The number of anilines is 1. The van der Waals surface area contributed by atoms with Gasteiger partial charge in [0, 0.05) is 48.5 Å². The van der Waals surface area contributed by atoms with Crippen molar-refractivity contribution >= 4 is 33.2 Å². The van der Waals surface area contributed by atoms with E-state index in [-0.39, 0.29) is 17.3 Å². The number of carbonyl (C=O) groups is 1. The summed E-state index contributed by atoms with van der Waals surface area (Å²) in [6, 6.07) is 16.4. The van der Waals surface area contributed by atoms with Crippen molar-refractivity contribution in [1.82, 2.24) is 19.3 Å². The first-order chi connectivity index (χ1) is 17.4. The number of amides is 1. The quantitative estimate of drug-likeness (QED) is 0.290. The third-order valence-corrected chi connectivity index (χ3v) is 6.84. The third-order valence-electron chi connectivity index (χ3n) is 5.04. The molecule has 8 nitrogen and oxygen atoms in total. The number of sulfonamides is 1. The lowest BCUT2D eigenvalue weighted by molar-refractivity contribution is 0.102. The summed E-state index contributed by atoms with van der Waals surface area (Å²) in [5.74, 6) is -0.369. The van der Waals surface area contributed by atoms with E-state index in [0.29, 0.717) is 40.5 Å². The molecule has 0 radical (unpaired) electrons. The fourth-order valence-corrected chi connectivity index (χ4v) is 4.57. The van der Waals surface area contributed by atoms with Crippen LogP contribution in [0.15, 0.2) is 90.5 Å². The van der Waals surface area contributed by atoms with Gasteiger partial charge in [-0.3, -0.25) is 9.78 Å². The summed E-state index contributed by atoms with van der Waals surface area (Å²) in [5.41, 5.74) is 2.26. The topological polar surface area (TPSA) is 106 Å². The van der Waals surface area contributed by atoms with E-state index in [1.54, 1.807) is 36.9 Å². The minimum absolute atomic E-state index is 0.0932. The van der Waals surface area contributed by atoms with E-state index in [0.717, 1.165) is 0 Å². The largest absolute Gasteiger partial charge is 0.337 e. The van der Waals surface area contributed by atoms with E-state index in [4.69, 9.17) is 11.6 Å². The molecule has 10 heteroatoms. The Morgan fingerprint density at radius 1 is 1.03 bits per heavy atom. The minimum atomic E-state index is -3.67. The minimum Gasteiger partial charge on any atom is -0.337 e. The number of aryl methyl sites for hydroxylation is 1. The second-order valence-corrected chi connectivity index (χ2v) is 9.61. The highest BCUT2D eigenvalue weighted by atomic mass is 35.5. The summed E-state index contributed by atoms with van der Waals surface area (Å²) in [6.45, 7) is 4.95. The number of benzene rings is 2. The highest BCUT2D eigenvalue weighted by Crippen LogP contribution is 2.29. The number of rotatable bonds is 9. The predicted octanol–water partition coefficient (Wildman–Crippen LogP) is 5.25. The number of carbonyl (C=O) groups excluding carboxylic acids is 1. The van der Waals surface area contributed by atoms with Crippen LogP contribution in [0.25, 0.3) is 11.3 Å². The normalized spacial score (nSPS) is 10.9. The highest BCUT2D eigenvalue weighted by molar-refractivity contribution is 7.89. The van der Waals surface area contributed by atoms with Crippen LogP contribution in [0.5, 0.6) is 0 Å². The summed E-state index contributed by atoms with van der Waals surface area (Å²) < 4.78 is 29.5. The number of pyridine rings is 1. The van der Waals surface area contributed by atoms with Gasteiger partial charge in [-0.05, 0) is 61.0 Å². The Morgan fingerprint density at radius 2 is 1.81 bits per heavy atom. The molecule has 4 rings (SSSR count). The molecule has 4 aromatic rings. The third kappa shape index (κ3) is 7.24. The molecule has 2 aromatic heterocycles. The molecule has 0 aliphatic rings. The molecular formula is C26H28ClN5O3S. The van der Waals surface area contributed by atoms with Crippen molar-refractivity contribution in [2.45, 2.75) is 31.7 Å². The van der Waals surface area contributed by atoms with Gasteiger partial charge in [0.15, 0.2) is 0 Å². The fourth-order valence-electron chi connectivity index (χ4n) is 3.28. The maximum Gasteiger partial charge on any atom is 0.255 e. The first-order valence-corrected chi connectivity index (χ1v) is 13.4. The van der Waals surface area contributed by atoms with E-state index in [9.17, 15) is 13.2 Å². The maximum absolute atomic E-state index is 12.7. The molecule has 2 N–H and O–H groups in total. The Balaban J connectivity index is 0.00000176. The van der Waals surface area contributed by atoms with Gasteiger partial charge in [0.2, 0.25) is 10.0 Å². The Labute approximate surface area is 216 Å². The average Bonchev–Trinajstić information content (AvgIpc) is 3.43. The molecule has 2 aromatic carbocycles. The van der Waals surface area contributed by atoms with Gasteiger partial charge < -0.3 is 9.88 Å². The first kappa shape index (κ1) is 27.1. The number of halogens is 1. The smallest absolute Gasteiger partial charge is 0.255 e. The Hall–Kier alpha value is -3.53. The van der Waals surface area contributed by atoms with Crippen LogP contribution in [0.4, 0.5) is 5.69 Å². The van der Waals surface area contributed by atoms with Crippen LogP contribution in [-0.4, -0.2) is 35.4 Å². The zero-order valence-electron chi connectivity index (χ0n) is 20.1. The van der Waals surface area contributed by atoms with E-state index < -0.39 is 10.0 Å². The van der Waals surface area contributed by atoms with E-state index in [2.05, 4.69) is 20.0 Å². The van der Waals surface area contributed by atoms with Gasteiger partial charge in [-0.1, -0.05) is 31.5 Å². The van der Waals surface area contributed by atoms with E-state index in [1.807, 2.05) is 42.8 Å². The van der Waals surface area contributed by atoms with Gasteiger partial charge in [0.1, 0.15) is 0 Å². The van der Waals surface area contributed by atoms with Crippen LogP contribution in [0.3, 0.4) is 0 Å². The number of aromatic nitrogens is 3. The van der Waals surface area contributed by atoms with E-state index in [1.165, 1.54) is 24.3 Å². The molecule has 0 aliphatic carbocycles. The van der Waals surface area contributed by atoms with Crippen LogP contribution in [0.2, 0.25) is 5.02 Å². The Morgan fingerprint density at radius 3 is 2.47 bits per heavy atom. The van der Waals surface area contributed by atoms with Gasteiger partial charge in [-0.25, -0.2) is 18.1 Å². The van der Waals surface area contributed by atoms with Crippen molar-refractivity contribution < 1.29 is 13.2 Å². The van der Waals surface area contributed by atoms with Crippen LogP contribution in [0.1, 0.15) is 30.6 Å². The van der Waals surface area contributed by atoms with Crippen LogP contribution in [-0.2, 0) is 16.6 Å². The molecule has 36 heavy (non-hydrogen) atoms. The lowest BCUT2D eigenvalue weighted by Gasteiger charge is -2.10. The van der Waals surface area contributed by atoms with Crippen molar-refractivity contribution in [3.8, 4) is 11.3 Å².